The van der Waals surface area contributed by atoms with Gasteiger partial charge < -0.3 is 10.2 Å². The molecule has 0 aliphatic heterocycles. The van der Waals surface area contributed by atoms with Crippen LogP contribution in [0.4, 0.5) is 0 Å². The van der Waals surface area contributed by atoms with Gasteiger partial charge in [0, 0.05) is 10.2 Å². The summed E-state index contributed by atoms with van der Waals surface area (Å²) in [6.07, 6.45) is -1.53. The van der Waals surface area contributed by atoms with Crippen LogP contribution in [-0.4, -0.2) is 21.6 Å². The molecule has 0 aliphatic carbocycles. The van der Waals surface area contributed by atoms with Gasteiger partial charge in [-0.1, -0.05) is 15.9 Å². The Morgan fingerprint density at radius 1 is 1.42 bits per heavy atom. The molecule has 0 bridgehead atoms. The van der Waals surface area contributed by atoms with Crippen molar-refractivity contribution in [2.45, 2.75) is 12.2 Å². The second kappa shape index (κ2) is 4.72. The van der Waals surface area contributed by atoms with Gasteiger partial charge in [-0.15, -0.1) is 11.3 Å². The van der Waals surface area contributed by atoms with Crippen LogP contribution in [-0.2, 0) is 0 Å². The molecule has 0 radical (unpaired) electrons. The van der Waals surface area contributed by atoms with Crippen LogP contribution in [0.5, 0.6) is 0 Å². The van der Waals surface area contributed by atoms with Gasteiger partial charge in [0.25, 0.3) is 0 Å². The molecule has 0 spiro atoms. The Morgan fingerprint density at radius 3 is 2.50 bits per heavy atom. The lowest BCUT2D eigenvalue weighted by Gasteiger charge is -2.12. The molecule has 68 valence electrons. The Balaban J connectivity index is 2.70. The minimum atomic E-state index is -0.791. The van der Waals surface area contributed by atoms with E-state index >= 15 is 0 Å². The van der Waals surface area contributed by atoms with E-state index in [0.717, 1.165) is 8.66 Å². The first-order valence-corrected chi connectivity index (χ1v) is 6.05. The van der Waals surface area contributed by atoms with E-state index in [2.05, 4.69) is 31.9 Å². The molecule has 2 unspecified atom stereocenters. The lowest BCUT2D eigenvalue weighted by Crippen LogP contribution is -2.18. The van der Waals surface area contributed by atoms with E-state index in [1.54, 1.807) is 6.07 Å². The van der Waals surface area contributed by atoms with Crippen molar-refractivity contribution in [2.24, 2.45) is 0 Å². The molecule has 5 heteroatoms. The fourth-order valence-electron chi connectivity index (χ4n) is 0.761. The van der Waals surface area contributed by atoms with Gasteiger partial charge in [-0.3, -0.25) is 0 Å². The molecule has 1 aromatic heterocycles. The van der Waals surface area contributed by atoms with E-state index < -0.39 is 12.2 Å². The molecule has 1 rings (SSSR count). The Kier molecular flexibility index (Phi) is 4.19. The first-order valence-electron chi connectivity index (χ1n) is 3.32. The molecule has 2 N–H and O–H groups in total. The molecule has 0 aliphatic rings. The zero-order valence-electron chi connectivity index (χ0n) is 6.08. The van der Waals surface area contributed by atoms with E-state index in [0.29, 0.717) is 5.33 Å². The van der Waals surface area contributed by atoms with Crippen molar-refractivity contribution in [2.75, 3.05) is 5.33 Å². The average Bonchev–Trinajstić information content (AvgIpc) is 2.49. The fraction of sp³-hybridized carbons (Fsp3) is 0.429. The van der Waals surface area contributed by atoms with Gasteiger partial charge in [-0.05, 0) is 28.1 Å². The van der Waals surface area contributed by atoms with E-state index in [1.165, 1.54) is 11.3 Å². The molecule has 0 saturated heterocycles. The van der Waals surface area contributed by atoms with Gasteiger partial charge in [0.05, 0.1) is 9.89 Å². The van der Waals surface area contributed by atoms with E-state index in [9.17, 15) is 10.2 Å². The van der Waals surface area contributed by atoms with Crippen molar-refractivity contribution < 1.29 is 10.2 Å². The first-order chi connectivity index (χ1) is 5.65. The van der Waals surface area contributed by atoms with Gasteiger partial charge >= 0.3 is 0 Å². The van der Waals surface area contributed by atoms with Crippen LogP contribution in [0.2, 0.25) is 0 Å². The van der Waals surface area contributed by atoms with E-state index in [4.69, 9.17) is 0 Å². The third-order valence-corrected chi connectivity index (χ3v) is 3.77. The predicted octanol–water partition coefficient (Wildman–Crippen LogP) is 2.30. The number of thiophene rings is 1. The Labute approximate surface area is 91.5 Å². The minimum absolute atomic E-state index is 0.379. The maximum atomic E-state index is 9.51. The summed E-state index contributed by atoms with van der Waals surface area (Å²) in [5.41, 5.74) is 0. The smallest absolute Gasteiger partial charge is 0.115 e. The second-order valence-corrected chi connectivity index (χ2v) is 5.45. The van der Waals surface area contributed by atoms with Gasteiger partial charge in [-0.2, -0.15) is 0 Å². The molecule has 2 nitrogen and oxygen atoms in total. The summed E-state index contributed by atoms with van der Waals surface area (Å²) in [5, 5.41) is 19.2. The summed E-state index contributed by atoms with van der Waals surface area (Å²) in [6, 6.07) is 3.65. The van der Waals surface area contributed by atoms with Crippen molar-refractivity contribution in [3.8, 4) is 0 Å². The Morgan fingerprint density at radius 2 is 2.08 bits per heavy atom. The summed E-state index contributed by atoms with van der Waals surface area (Å²) >= 11 is 7.81. The number of aliphatic hydroxyl groups excluding tert-OH is 2. The maximum absolute atomic E-state index is 9.51. The quantitative estimate of drug-likeness (QED) is 0.840. The van der Waals surface area contributed by atoms with Gasteiger partial charge in [0.2, 0.25) is 0 Å². The Bertz CT molecular complexity index is 251. The lowest BCUT2D eigenvalue weighted by molar-refractivity contribution is 0.0366. The summed E-state index contributed by atoms with van der Waals surface area (Å²) in [7, 11) is 0. The summed E-state index contributed by atoms with van der Waals surface area (Å²) < 4.78 is 0.957. The van der Waals surface area contributed by atoms with Crippen LogP contribution in [0.1, 0.15) is 11.0 Å². The molecule has 0 saturated carbocycles. The molecule has 1 aromatic rings. The van der Waals surface area contributed by atoms with Gasteiger partial charge in [-0.25, -0.2) is 0 Å². The highest BCUT2D eigenvalue weighted by molar-refractivity contribution is 9.11. The average molecular weight is 316 g/mol. The first kappa shape index (κ1) is 10.7. The molecular formula is C7H8Br2O2S. The standard InChI is InChI=1S/C7H8Br2O2S/c8-3-4(10)7(11)5-1-2-6(9)12-5/h1-2,4,7,10-11H,3H2. The highest BCUT2D eigenvalue weighted by atomic mass is 79.9. The number of hydrogen-bond acceptors (Lipinski definition) is 3. The van der Waals surface area contributed by atoms with Crippen LogP contribution in [0.3, 0.4) is 0 Å². The highest BCUT2D eigenvalue weighted by Gasteiger charge is 2.18. The van der Waals surface area contributed by atoms with Gasteiger partial charge in [0.15, 0.2) is 0 Å². The fourth-order valence-corrected chi connectivity index (χ4v) is 2.58. The van der Waals surface area contributed by atoms with Crippen LogP contribution in [0.25, 0.3) is 0 Å². The molecule has 12 heavy (non-hydrogen) atoms. The van der Waals surface area contributed by atoms with Crippen LogP contribution < -0.4 is 0 Å². The third-order valence-electron chi connectivity index (χ3n) is 1.41. The molecular weight excluding hydrogens is 308 g/mol. The summed E-state index contributed by atoms with van der Waals surface area (Å²) in [6.45, 7) is 0. The Hall–Kier alpha value is 0.580. The third kappa shape index (κ3) is 2.53. The summed E-state index contributed by atoms with van der Waals surface area (Å²) in [4.78, 5) is 0.772. The zero-order valence-corrected chi connectivity index (χ0v) is 10.1. The number of hydrogen-bond donors (Lipinski definition) is 2. The highest BCUT2D eigenvalue weighted by Crippen LogP contribution is 2.29. The van der Waals surface area contributed by atoms with Crippen molar-refractivity contribution in [3.05, 3.63) is 20.8 Å². The molecule has 1 heterocycles. The van der Waals surface area contributed by atoms with Crippen LogP contribution in [0, 0.1) is 0 Å². The van der Waals surface area contributed by atoms with Crippen LogP contribution >= 0.6 is 43.2 Å². The van der Waals surface area contributed by atoms with Crippen molar-refractivity contribution in [3.63, 3.8) is 0 Å². The number of alkyl halides is 1. The van der Waals surface area contributed by atoms with Crippen molar-refractivity contribution in [1.29, 1.82) is 0 Å². The minimum Gasteiger partial charge on any atom is -0.389 e. The van der Waals surface area contributed by atoms with Gasteiger partial charge in [0.1, 0.15) is 6.10 Å². The van der Waals surface area contributed by atoms with Crippen LogP contribution in [0.15, 0.2) is 15.9 Å². The maximum Gasteiger partial charge on any atom is 0.115 e. The number of halogens is 2. The predicted molar refractivity (Wildman–Crippen MR) is 56.8 cm³/mol. The number of aliphatic hydroxyl groups is 2. The van der Waals surface area contributed by atoms with Crippen molar-refractivity contribution in [1.82, 2.24) is 0 Å². The largest absolute Gasteiger partial charge is 0.389 e. The normalized spacial score (nSPS) is 16.0. The lowest BCUT2D eigenvalue weighted by atomic mass is 10.2. The molecule has 0 amide bonds. The monoisotopic (exact) mass is 314 g/mol. The molecule has 0 aromatic carbocycles. The topological polar surface area (TPSA) is 40.5 Å². The van der Waals surface area contributed by atoms with E-state index in [1.807, 2.05) is 6.07 Å². The summed E-state index contributed by atoms with van der Waals surface area (Å²) in [5.74, 6) is 0. The van der Waals surface area contributed by atoms with Crippen molar-refractivity contribution >= 4 is 43.2 Å². The second-order valence-electron chi connectivity index (χ2n) is 2.31. The number of rotatable bonds is 3. The van der Waals surface area contributed by atoms with E-state index in [-0.39, 0.29) is 0 Å². The zero-order chi connectivity index (χ0) is 9.14. The SMILES string of the molecule is OC(CBr)C(O)c1ccc(Br)s1. The molecule has 0 fully saturated rings. The molecule has 2 atom stereocenters.